The molecule has 0 atom stereocenters. The number of halogens is 1. The molecule has 154 valence electrons. The molecule has 0 saturated carbocycles. The highest BCUT2D eigenvalue weighted by atomic mass is 127. The minimum absolute atomic E-state index is 0. The first-order chi connectivity index (χ1) is 12.7. The molecule has 27 heavy (non-hydrogen) atoms. The van der Waals surface area contributed by atoms with Crippen LogP contribution in [0.4, 0.5) is 4.79 Å². The predicted molar refractivity (Wildman–Crippen MR) is 115 cm³/mol. The Morgan fingerprint density at radius 1 is 1.41 bits per heavy atom. The summed E-state index contributed by atoms with van der Waals surface area (Å²) in [5, 5.41) is 6.80. The average molecular weight is 494 g/mol. The summed E-state index contributed by atoms with van der Waals surface area (Å²) < 4.78 is 15.5. The van der Waals surface area contributed by atoms with Crippen LogP contribution in [0.3, 0.4) is 0 Å². The van der Waals surface area contributed by atoms with Gasteiger partial charge in [0.15, 0.2) is 5.96 Å². The van der Waals surface area contributed by atoms with Crippen molar-refractivity contribution in [2.75, 3.05) is 46.5 Å². The maximum atomic E-state index is 11.8. The van der Waals surface area contributed by atoms with E-state index in [0.29, 0.717) is 32.8 Å². The number of furan rings is 1. The van der Waals surface area contributed by atoms with Crippen LogP contribution in [0.15, 0.2) is 27.8 Å². The van der Waals surface area contributed by atoms with E-state index in [1.54, 1.807) is 18.3 Å². The van der Waals surface area contributed by atoms with Gasteiger partial charge in [0.25, 0.3) is 0 Å². The lowest BCUT2D eigenvalue weighted by Crippen LogP contribution is -2.50. The monoisotopic (exact) mass is 494 g/mol. The van der Waals surface area contributed by atoms with Crippen LogP contribution >= 0.6 is 24.0 Å². The van der Waals surface area contributed by atoms with Gasteiger partial charge in [-0.2, -0.15) is 0 Å². The van der Waals surface area contributed by atoms with Gasteiger partial charge in [-0.25, -0.2) is 4.79 Å². The fourth-order valence-electron chi connectivity index (χ4n) is 2.77. The number of amides is 1. The van der Waals surface area contributed by atoms with E-state index in [2.05, 4.69) is 15.6 Å². The van der Waals surface area contributed by atoms with Crippen molar-refractivity contribution >= 4 is 36.0 Å². The number of hydrogen-bond acceptors (Lipinski definition) is 5. The number of carbonyl (C=O) groups is 1. The second-order valence-corrected chi connectivity index (χ2v) is 6.08. The molecule has 0 aliphatic carbocycles. The van der Waals surface area contributed by atoms with E-state index in [9.17, 15) is 4.79 Å². The molecule has 0 unspecified atom stereocenters. The molecule has 1 fully saturated rings. The summed E-state index contributed by atoms with van der Waals surface area (Å²) in [4.78, 5) is 18.1. The Balaban J connectivity index is 0.00000364. The van der Waals surface area contributed by atoms with Crippen molar-refractivity contribution in [3.05, 3.63) is 24.2 Å². The molecule has 0 radical (unpaired) electrons. The number of aliphatic imine (C=N–C) groups is 1. The average Bonchev–Trinajstić information content (AvgIpc) is 3.16. The minimum atomic E-state index is -0.225. The summed E-state index contributed by atoms with van der Waals surface area (Å²) in [5.74, 6) is 1.71. The van der Waals surface area contributed by atoms with Crippen molar-refractivity contribution in [1.82, 2.24) is 15.5 Å². The Labute approximate surface area is 178 Å². The number of carbonyl (C=O) groups excluding carboxylic acids is 1. The molecule has 1 amide bonds. The molecule has 0 aromatic carbocycles. The zero-order valence-electron chi connectivity index (χ0n) is 16.1. The molecule has 1 aromatic heterocycles. The van der Waals surface area contributed by atoms with Crippen molar-refractivity contribution < 1.29 is 18.7 Å². The first kappa shape index (κ1) is 23.5. The summed E-state index contributed by atoms with van der Waals surface area (Å²) in [6.07, 6.45) is 3.97. The molecule has 1 saturated heterocycles. The van der Waals surface area contributed by atoms with Crippen molar-refractivity contribution in [2.24, 2.45) is 4.99 Å². The molecule has 0 spiro atoms. The van der Waals surface area contributed by atoms with Gasteiger partial charge in [-0.1, -0.05) is 0 Å². The van der Waals surface area contributed by atoms with Gasteiger partial charge in [0, 0.05) is 39.2 Å². The van der Waals surface area contributed by atoms with Gasteiger partial charge < -0.3 is 29.4 Å². The molecule has 9 heteroatoms. The molecule has 0 bridgehead atoms. The third-order valence-corrected chi connectivity index (χ3v) is 4.17. The molecular formula is C18H31IN4O4. The number of methoxy groups -OCH3 is 1. The minimum Gasteiger partial charge on any atom is -0.469 e. The number of nitrogens with zero attached hydrogens (tertiary/aromatic N) is 2. The maximum Gasteiger partial charge on any atom is 0.409 e. The summed E-state index contributed by atoms with van der Waals surface area (Å²) in [6, 6.07) is 4.12. The second kappa shape index (κ2) is 13.6. The van der Waals surface area contributed by atoms with Crippen molar-refractivity contribution in [1.29, 1.82) is 0 Å². The Hall–Kier alpha value is -1.49. The maximum absolute atomic E-state index is 11.8. The number of ether oxygens (including phenoxy) is 2. The van der Waals surface area contributed by atoms with Crippen molar-refractivity contribution in [2.45, 2.75) is 32.2 Å². The summed E-state index contributed by atoms with van der Waals surface area (Å²) in [6.45, 7) is 5.51. The lowest BCUT2D eigenvalue weighted by Gasteiger charge is -2.32. The van der Waals surface area contributed by atoms with E-state index in [0.717, 1.165) is 37.5 Å². The molecule has 2 N–H and O–H groups in total. The van der Waals surface area contributed by atoms with Gasteiger partial charge in [0.1, 0.15) is 5.76 Å². The van der Waals surface area contributed by atoms with E-state index >= 15 is 0 Å². The molecule has 2 rings (SSSR count). The van der Waals surface area contributed by atoms with Gasteiger partial charge >= 0.3 is 6.09 Å². The largest absolute Gasteiger partial charge is 0.469 e. The smallest absolute Gasteiger partial charge is 0.409 e. The third-order valence-electron chi connectivity index (χ3n) is 4.17. The second-order valence-electron chi connectivity index (χ2n) is 6.08. The molecule has 8 nitrogen and oxygen atoms in total. The Kier molecular flexibility index (Phi) is 11.9. The van der Waals surface area contributed by atoms with E-state index in [1.807, 2.05) is 19.1 Å². The Morgan fingerprint density at radius 2 is 2.19 bits per heavy atom. The normalized spacial score (nSPS) is 15.2. The number of hydrogen-bond donors (Lipinski definition) is 2. The lowest BCUT2D eigenvalue weighted by molar-refractivity contribution is 0.0963. The predicted octanol–water partition coefficient (Wildman–Crippen LogP) is 2.24. The number of guanidine groups is 1. The van der Waals surface area contributed by atoms with Gasteiger partial charge in [-0.15, -0.1) is 24.0 Å². The number of rotatable bonds is 8. The highest BCUT2D eigenvalue weighted by molar-refractivity contribution is 14.0. The third kappa shape index (κ3) is 8.83. The topological polar surface area (TPSA) is 88.3 Å². The fraction of sp³-hybridized carbons (Fsp3) is 0.667. The van der Waals surface area contributed by atoms with Crippen LogP contribution in [0.1, 0.15) is 25.5 Å². The Morgan fingerprint density at radius 3 is 2.81 bits per heavy atom. The van der Waals surface area contributed by atoms with Crippen LogP contribution in [-0.2, 0) is 15.9 Å². The quantitative estimate of drug-likeness (QED) is 0.250. The van der Waals surface area contributed by atoms with E-state index in [4.69, 9.17) is 13.9 Å². The highest BCUT2D eigenvalue weighted by Crippen LogP contribution is 2.11. The number of piperidine rings is 1. The Bertz CT molecular complexity index is 546. The van der Waals surface area contributed by atoms with Gasteiger partial charge in [0.2, 0.25) is 0 Å². The van der Waals surface area contributed by atoms with Crippen LogP contribution in [0.25, 0.3) is 0 Å². The lowest BCUT2D eigenvalue weighted by atomic mass is 10.1. The van der Waals surface area contributed by atoms with Crippen LogP contribution in [0.5, 0.6) is 0 Å². The zero-order chi connectivity index (χ0) is 18.6. The van der Waals surface area contributed by atoms with Crippen molar-refractivity contribution in [3.8, 4) is 0 Å². The van der Waals surface area contributed by atoms with E-state index in [1.165, 1.54) is 0 Å². The zero-order valence-corrected chi connectivity index (χ0v) is 18.4. The highest BCUT2D eigenvalue weighted by Gasteiger charge is 2.24. The van der Waals surface area contributed by atoms with Crippen molar-refractivity contribution in [3.63, 3.8) is 0 Å². The van der Waals surface area contributed by atoms with Gasteiger partial charge in [-0.3, -0.25) is 4.99 Å². The summed E-state index contributed by atoms with van der Waals surface area (Å²) >= 11 is 0. The molecule has 1 aromatic rings. The number of likely N-dealkylation sites (tertiary alicyclic amines) is 1. The van der Waals surface area contributed by atoms with Crippen LogP contribution in [0.2, 0.25) is 0 Å². The summed E-state index contributed by atoms with van der Waals surface area (Å²) in [5.41, 5.74) is 0. The molecule has 1 aliphatic heterocycles. The summed E-state index contributed by atoms with van der Waals surface area (Å²) in [7, 11) is 1.66. The van der Waals surface area contributed by atoms with Crippen LogP contribution in [0, 0.1) is 0 Å². The first-order valence-electron chi connectivity index (χ1n) is 9.20. The van der Waals surface area contributed by atoms with E-state index < -0.39 is 0 Å². The van der Waals surface area contributed by atoms with Gasteiger partial charge in [-0.05, 0) is 31.9 Å². The van der Waals surface area contributed by atoms with E-state index in [-0.39, 0.29) is 36.1 Å². The molecule has 1 aliphatic rings. The molecular weight excluding hydrogens is 463 g/mol. The molecule has 2 heterocycles. The standard InChI is InChI=1S/C18H30N4O4.HI/c1-3-25-18(23)22-11-7-15(8-12-22)21-17(20-10-14-24-2)19-9-6-16-5-4-13-26-16;/h4-5,13,15H,3,6-12,14H2,1-2H3,(H2,19,20,21);1H. The number of nitrogens with one attached hydrogen (secondary N) is 2. The van der Waals surface area contributed by atoms with Crippen LogP contribution < -0.4 is 10.6 Å². The SMILES string of the molecule is CCOC(=O)N1CCC(NC(=NCCOC)NCCc2ccco2)CC1.I. The van der Waals surface area contributed by atoms with Gasteiger partial charge in [0.05, 0.1) is 26.0 Å². The fourth-order valence-corrected chi connectivity index (χ4v) is 2.77. The van der Waals surface area contributed by atoms with Crippen LogP contribution in [-0.4, -0.2) is 69.5 Å². The first-order valence-corrected chi connectivity index (χ1v) is 9.20.